The van der Waals surface area contributed by atoms with Crippen molar-refractivity contribution in [3.8, 4) is 0 Å². The minimum atomic E-state index is 0.266. The summed E-state index contributed by atoms with van der Waals surface area (Å²) in [5.41, 5.74) is 2.91. The molecular formula is C16H16S2. The van der Waals surface area contributed by atoms with Gasteiger partial charge in [0.2, 0.25) is 0 Å². The Morgan fingerprint density at radius 2 is 1.56 bits per heavy atom. The zero-order valence-electron chi connectivity index (χ0n) is 10.4. The van der Waals surface area contributed by atoms with E-state index in [-0.39, 0.29) is 4.08 Å². The summed E-state index contributed by atoms with van der Waals surface area (Å²) in [6.45, 7) is 0. The number of rotatable bonds is 3. The average Bonchev–Trinajstić information content (AvgIpc) is 2.41. The molecule has 92 valence electrons. The van der Waals surface area contributed by atoms with Crippen LogP contribution in [0.1, 0.15) is 22.8 Å². The highest BCUT2D eigenvalue weighted by atomic mass is 32.2. The molecular weight excluding hydrogens is 256 g/mol. The van der Waals surface area contributed by atoms with Crippen LogP contribution in [-0.4, -0.2) is 6.26 Å². The van der Waals surface area contributed by atoms with Crippen molar-refractivity contribution in [3.05, 3.63) is 71.8 Å². The molecule has 0 spiro atoms. The quantitative estimate of drug-likeness (QED) is 0.764. The van der Waals surface area contributed by atoms with E-state index in [0.29, 0.717) is 5.25 Å². The Balaban J connectivity index is 1.80. The van der Waals surface area contributed by atoms with Crippen molar-refractivity contribution in [2.75, 3.05) is 6.26 Å². The lowest BCUT2D eigenvalue weighted by Gasteiger charge is -2.46. The maximum absolute atomic E-state index is 2.25. The zero-order valence-corrected chi connectivity index (χ0v) is 12.0. The molecule has 1 aliphatic heterocycles. The van der Waals surface area contributed by atoms with Crippen LogP contribution in [0, 0.1) is 0 Å². The van der Waals surface area contributed by atoms with E-state index in [2.05, 4.69) is 78.7 Å². The van der Waals surface area contributed by atoms with Gasteiger partial charge in [-0.3, -0.25) is 0 Å². The molecule has 3 rings (SSSR count). The summed E-state index contributed by atoms with van der Waals surface area (Å²) in [5.74, 6) is 0. The molecule has 0 nitrogen and oxygen atoms in total. The van der Waals surface area contributed by atoms with E-state index in [9.17, 15) is 0 Å². The van der Waals surface area contributed by atoms with Gasteiger partial charge in [-0.15, -0.1) is 23.5 Å². The van der Waals surface area contributed by atoms with Crippen LogP contribution in [0.3, 0.4) is 0 Å². The predicted octanol–water partition coefficient (Wildman–Crippen LogP) is 5.08. The molecule has 0 aromatic heterocycles. The predicted molar refractivity (Wildman–Crippen MR) is 83.0 cm³/mol. The Labute approximate surface area is 117 Å². The molecule has 0 unspecified atom stereocenters. The summed E-state index contributed by atoms with van der Waals surface area (Å²) in [4.78, 5) is 0. The molecule has 0 saturated carbocycles. The van der Waals surface area contributed by atoms with Crippen LogP contribution in [0.2, 0.25) is 0 Å². The lowest BCUT2D eigenvalue weighted by molar-refractivity contribution is 0.675. The minimum Gasteiger partial charge on any atom is -0.143 e. The van der Waals surface area contributed by atoms with Gasteiger partial charge in [0.15, 0.2) is 0 Å². The molecule has 0 amide bonds. The highest BCUT2D eigenvalue weighted by Gasteiger charge is 2.46. The SMILES string of the molecule is CS[C@@]1(c2ccccc2)C[C@@H](c2ccccc2)S1. The fourth-order valence-corrected chi connectivity index (χ4v) is 5.31. The molecule has 1 fully saturated rings. The number of hydrogen-bond acceptors (Lipinski definition) is 2. The van der Waals surface area contributed by atoms with E-state index in [1.807, 2.05) is 11.8 Å². The van der Waals surface area contributed by atoms with Crippen LogP contribution < -0.4 is 0 Å². The second kappa shape index (κ2) is 5.02. The molecule has 2 aromatic rings. The maximum atomic E-state index is 2.25. The number of hydrogen-bond donors (Lipinski definition) is 0. The monoisotopic (exact) mass is 272 g/mol. The van der Waals surface area contributed by atoms with Crippen LogP contribution in [-0.2, 0) is 4.08 Å². The molecule has 1 saturated heterocycles. The summed E-state index contributed by atoms with van der Waals surface area (Å²) in [6.07, 6.45) is 3.45. The Morgan fingerprint density at radius 3 is 2.11 bits per heavy atom. The van der Waals surface area contributed by atoms with Crippen molar-refractivity contribution < 1.29 is 0 Å². The lowest BCUT2D eigenvalue weighted by atomic mass is 10.0. The molecule has 0 radical (unpaired) electrons. The Hall–Kier alpha value is -0.860. The standard InChI is InChI=1S/C16H16S2/c1-17-16(14-10-6-3-7-11-14)12-15(18-16)13-8-4-2-5-9-13/h2-11,15H,12H2,1H3/t15-,16-/m0/s1. The largest absolute Gasteiger partial charge is 0.143 e. The molecule has 0 bridgehead atoms. The summed E-state index contributed by atoms with van der Waals surface area (Å²) < 4.78 is 0.266. The van der Waals surface area contributed by atoms with Crippen LogP contribution in [0.25, 0.3) is 0 Å². The molecule has 2 heteroatoms. The smallest absolute Gasteiger partial charge is 0.0877 e. The Morgan fingerprint density at radius 1 is 1.00 bits per heavy atom. The van der Waals surface area contributed by atoms with Crippen LogP contribution in [0.4, 0.5) is 0 Å². The first-order valence-corrected chi connectivity index (χ1v) is 8.28. The highest BCUT2D eigenvalue weighted by Crippen LogP contribution is 2.66. The topological polar surface area (TPSA) is 0 Å². The first-order chi connectivity index (χ1) is 8.84. The van der Waals surface area contributed by atoms with Crippen molar-refractivity contribution >= 4 is 23.5 Å². The number of benzene rings is 2. The Bertz CT molecular complexity index is 501. The van der Waals surface area contributed by atoms with Crippen molar-refractivity contribution in [1.82, 2.24) is 0 Å². The normalized spacial score (nSPS) is 26.6. The van der Waals surface area contributed by atoms with Crippen molar-refractivity contribution in [2.24, 2.45) is 0 Å². The molecule has 1 heterocycles. The van der Waals surface area contributed by atoms with E-state index in [0.717, 1.165) is 0 Å². The van der Waals surface area contributed by atoms with Crippen LogP contribution >= 0.6 is 23.5 Å². The van der Waals surface area contributed by atoms with Gasteiger partial charge in [-0.1, -0.05) is 60.7 Å². The highest BCUT2D eigenvalue weighted by molar-refractivity contribution is 8.18. The summed E-state index contributed by atoms with van der Waals surface area (Å²) in [5, 5.41) is 0.652. The third-order valence-electron chi connectivity index (χ3n) is 3.50. The fraction of sp³-hybridized carbons (Fsp3) is 0.250. The Kier molecular flexibility index (Phi) is 3.40. The summed E-state index contributed by atoms with van der Waals surface area (Å²) in [7, 11) is 0. The molecule has 18 heavy (non-hydrogen) atoms. The zero-order chi connectivity index (χ0) is 12.4. The molecule has 2 aromatic carbocycles. The van der Waals surface area contributed by atoms with Crippen molar-refractivity contribution in [2.45, 2.75) is 15.7 Å². The fourth-order valence-electron chi connectivity index (χ4n) is 2.45. The summed E-state index contributed by atoms with van der Waals surface area (Å²) >= 11 is 4.06. The van der Waals surface area contributed by atoms with Crippen LogP contribution in [0.5, 0.6) is 0 Å². The number of thioether (sulfide) groups is 2. The van der Waals surface area contributed by atoms with Gasteiger partial charge < -0.3 is 0 Å². The molecule has 2 atom stereocenters. The van der Waals surface area contributed by atoms with Crippen LogP contribution in [0.15, 0.2) is 60.7 Å². The van der Waals surface area contributed by atoms with E-state index < -0.39 is 0 Å². The first-order valence-electron chi connectivity index (χ1n) is 6.17. The van der Waals surface area contributed by atoms with Gasteiger partial charge >= 0.3 is 0 Å². The average molecular weight is 272 g/mol. The van der Waals surface area contributed by atoms with E-state index in [1.54, 1.807) is 0 Å². The molecule has 1 aliphatic rings. The second-order valence-electron chi connectivity index (χ2n) is 4.54. The van der Waals surface area contributed by atoms with Crippen molar-refractivity contribution in [1.29, 1.82) is 0 Å². The first kappa shape index (κ1) is 12.2. The minimum absolute atomic E-state index is 0.266. The van der Waals surface area contributed by atoms with Gasteiger partial charge in [0.05, 0.1) is 4.08 Å². The molecule has 0 N–H and O–H groups in total. The van der Waals surface area contributed by atoms with E-state index >= 15 is 0 Å². The molecule has 0 aliphatic carbocycles. The van der Waals surface area contributed by atoms with Gasteiger partial charge in [-0.25, -0.2) is 0 Å². The van der Waals surface area contributed by atoms with Gasteiger partial charge in [0.1, 0.15) is 0 Å². The van der Waals surface area contributed by atoms with Gasteiger partial charge in [-0.2, -0.15) is 0 Å². The van der Waals surface area contributed by atoms with E-state index in [1.165, 1.54) is 17.5 Å². The third kappa shape index (κ3) is 2.08. The van der Waals surface area contributed by atoms with E-state index in [4.69, 9.17) is 0 Å². The third-order valence-corrected chi connectivity index (χ3v) is 6.86. The maximum Gasteiger partial charge on any atom is 0.0877 e. The lowest BCUT2D eigenvalue weighted by Crippen LogP contribution is -2.30. The van der Waals surface area contributed by atoms with Gasteiger partial charge in [-0.05, 0) is 23.8 Å². The van der Waals surface area contributed by atoms with Gasteiger partial charge in [0.25, 0.3) is 0 Å². The van der Waals surface area contributed by atoms with Crippen molar-refractivity contribution in [3.63, 3.8) is 0 Å². The van der Waals surface area contributed by atoms with Gasteiger partial charge in [0, 0.05) is 5.25 Å². The summed E-state index contributed by atoms with van der Waals surface area (Å²) in [6, 6.07) is 21.7. The second-order valence-corrected chi connectivity index (χ2v) is 7.41.